The molecule has 0 saturated carbocycles. The molecule has 0 saturated heterocycles. The first-order valence-corrected chi connectivity index (χ1v) is 10.3. The zero-order valence-corrected chi connectivity index (χ0v) is 16.4. The fourth-order valence-corrected chi connectivity index (χ4v) is 6.93. The molecule has 12 heteroatoms. The molecule has 144 valence electrons. The van der Waals surface area contributed by atoms with Crippen molar-refractivity contribution < 1.29 is 41.9 Å². The number of hydrogen-bond acceptors (Lipinski definition) is 9. The van der Waals surface area contributed by atoms with Crippen LogP contribution in [0, 0.1) is 0 Å². The summed E-state index contributed by atoms with van der Waals surface area (Å²) in [5, 5.41) is 8.11. The maximum atomic E-state index is 12.9. The summed E-state index contributed by atoms with van der Waals surface area (Å²) in [4.78, 5) is 25.7. The molecule has 0 atom stereocenters. The zero-order valence-electron chi connectivity index (χ0n) is 14.6. The van der Waals surface area contributed by atoms with Gasteiger partial charge in [0.25, 0.3) is 16.9 Å². The Morgan fingerprint density at radius 3 is 1.54 bits per heavy atom. The van der Waals surface area contributed by atoms with E-state index in [9.17, 15) is 23.8 Å². The predicted molar refractivity (Wildman–Crippen MR) is 90.0 cm³/mol. The Morgan fingerprint density at radius 2 is 1.23 bits per heavy atom. The number of fused-ring (bicyclic) bond motifs is 1. The van der Waals surface area contributed by atoms with Crippen LogP contribution < -0.4 is 0 Å². The van der Waals surface area contributed by atoms with Gasteiger partial charge in [-0.05, 0) is 12.1 Å². The van der Waals surface area contributed by atoms with Crippen molar-refractivity contribution in [2.45, 2.75) is 5.08 Å². The second-order valence-corrected chi connectivity index (χ2v) is 10.5. The average molecular weight is 407 g/mol. The normalized spacial score (nSPS) is 15.5. The molecule has 1 aromatic rings. The first-order valence-electron chi connectivity index (χ1n) is 7.25. The standard InChI is InChI=1S/C14H19NO9P2/c1-21-25(19,22-2)14(18,26(20,23-3)24-4)9-15-12(16)10-7-5-6-8-11(10)13(15)17/h5-8,18H,9H2,1-4H3. The molecule has 1 N–H and O–H groups in total. The Labute approximate surface area is 150 Å². The maximum Gasteiger partial charge on any atom is 0.375 e. The molecule has 10 nitrogen and oxygen atoms in total. The Balaban J connectivity index is 2.57. The molecule has 1 aliphatic heterocycles. The minimum absolute atomic E-state index is 0.0918. The highest BCUT2D eigenvalue weighted by molar-refractivity contribution is 7.73. The lowest BCUT2D eigenvalue weighted by Crippen LogP contribution is -2.46. The van der Waals surface area contributed by atoms with Gasteiger partial charge >= 0.3 is 15.2 Å². The molecule has 1 aromatic carbocycles. The molecule has 0 aliphatic carbocycles. The van der Waals surface area contributed by atoms with Gasteiger partial charge in [-0.25, -0.2) is 0 Å². The van der Waals surface area contributed by atoms with Crippen LogP contribution in [0.25, 0.3) is 0 Å². The lowest BCUT2D eigenvalue weighted by atomic mass is 10.1. The smallest absolute Gasteiger partial charge is 0.366 e. The molecule has 0 bridgehead atoms. The second-order valence-electron chi connectivity index (χ2n) is 5.24. The molecule has 0 radical (unpaired) electrons. The number of amides is 2. The highest BCUT2D eigenvalue weighted by Gasteiger charge is 2.66. The number of benzene rings is 1. The van der Waals surface area contributed by atoms with Crippen molar-refractivity contribution in [3.8, 4) is 0 Å². The molecular formula is C14H19NO9P2. The Hall–Kier alpha value is -1.38. The van der Waals surface area contributed by atoms with E-state index in [0.717, 1.165) is 28.4 Å². The van der Waals surface area contributed by atoms with Crippen LogP contribution in [0.4, 0.5) is 0 Å². The van der Waals surface area contributed by atoms with Gasteiger partial charge in [0.1, 0.15) is 0 Å². The minimum atomic E-state index is -4.56. The summed E-state index contributed by atoms with van der Waals surface area (Å²) in [7, 11) is -5.32. The van der Waals surface area contributed by atoms with Crippen molar-refractivity contribution >= 4 is 27.0 Å². The van der Waals surface area contributed by atoms with Crippen LogP contribution in [0.5, 0.6) is 0 Å². The summed E-state index contributed by atoms with van der Waals surface area (Å²) in [6.45, 7) is -0.989. The number of β-amino-alcohol motifs (C(OH)–C–C–N with tert-alkyl or cyclic N) is 1. The van der Waals surface area contributed by atoms with Crippen LogP contribution in [-0.4, -0.2) is 61.9 Å². The van der Waals surface area contributed by atoms with Crippen LogP contribution in [0.3, 0.4) is 0 Å². The molecule has 0 spiro atoms. The molecule has 1 heterocycles. The maximum absolute atomic E-state index is 12.9. The number of hydrogen-bond donors (Lipinski definition) is 1. The predicted octanol–water partition coefficient (Wildman–Crippen LogP) is 1.90. The van der Waals surface area contributed by atoms with Crippen molar-refractivity contribution in [2.75, 3.05) is 35.0 Å². The third-order valence-electron chi connectivity index (χ3n) is 4.09. The van der Waals surface area contributed by atoms with Gasteiger partial charge in [-0.2, -0.15) is 0 Å². The third kappa shape index (κ3) is 2.88. The van der Waals surface area contributed by atoms with Gasteiger partial charge in [-0.3, -0.25) is 23.6 Å². The van der Waals surface area contributed by atoms with Crippen LogP contribution in [-0.2, 0) is 27.2 Å². The molecule has 0 fully saturated rings. The van der Waals surface area contributed by atoms with Crippen LogP contribution in [0.15, 0.2) is 24.3 Å². The molecule has 2 amide bonds. The van der Waals surface area contributed by atoms with Gasteiger partial charge < -0.3 is 23.2 Å². The van der Waals surface area contributed by atoms with Gasteiger partial charge in [0, 0.05) is 28.4 Å². The molecule has 1 aliphatic rings. The van der Waals surface area contributed by atoms with Gasteiger partial charge in [0.15, 0.2) is 0 Å². The number of carbonyl (C=O) groups excluding carboxylic acids is 2. The number of imide groups is 1. The first-order chi connectivity index (χ1) is 12.1. The van der Waals surface area contributed by atoms with Crippen molar-refractivity contribution in [2.24, 2.45) is 0 Å². The summed E-state index contributed by atoms with van der Waals surface area (Å²) in [5.41, 5.74) is 0.184. The molecular weight excluding hydrogens is 388 g/mol. The first kappa shape index (κ1) is 20.9. The van der Waals surface area contributed by atoms with E-state index in [4.69, 9.17) is 18.1 Å². The van der Waals surface area contributed by atoms with Gasteiger partial charge in [-0.1, -0.05) is 12.1 Å². The summed E-state index contributed by atoms with van der Waals surface area (Å²) in [6.07, 6.45) is 0. The molecule has 0 aromatic heterocycles. The van der Waals surface area contributed by atoms with E-state index in [0.29, 0.717) is 4.90 Å². The van der Waals surface area contributed by atoms with Crippen LogP contribution >= 0.6 is 15.2 Å². The summed E-state index contributed by atoms with van der Waals surface area (Å²) in [5.74, 6) is -1.52. The van der Waals surface area contributed by atoms with Crippen molar-refractivity contribution in [3.63, 3.8) is 0 Å². The van der Waals surface area contributed by atoms with E-state index in [2.05, 4.69) is 0 Å². The SMILES string of the molecule is COP(=O)(OC)C(O)(CN1C(=O)c2ccccc2C1=O)P(=O)(OC)OC. The molecule has 26 heavy (non-hydrogen) atoms. The number of carbonyl (C=O) groups is 2. The molecule has 0 unspecified atom stereocenters. The van der Waals surface area contributed by atoms with Crippen LogP contribution in [0.1, 0.15) is 20.7 Å². The highest BCUT2D eigenvalue weighted by atomic mass is 31.2. The summed E-state index contributed by atoms with van der Waals surface area (Å²) in [6, 6.07) is 5.97. The Morgan fingerprint density at radius 1 is 0.885 bits per heavy atom. The van der Waals surface area contributed by atoms with E-state index in [1.807, 2.05) is 0 Å². The van der Waals surface area contributed by atoms with Crippen molar-refractivity contribution in [3.05, 3.63) is 35.4 Å². The van der Waals surface area contributed by atoms with Crippen molar-refractivity contribution in [1.82, 2.24) is 4.90 Å². The minimum Gasteiger partial charge on any atom is -0.366 e. The lowest BCUT2D eigenvalue weighted by molar-refractivity contribution is 0.0473. The number of nitrogens with zero attached hydrogens (tertiary/aromatic N) is 1. The van der Waals surface area contributed by atoms with E-state index in [-0.39, 0.29) is 11.1 Å². The quantitative estimate of drug-likeness (QED) is 0.507. The summed E-state index contributed by atoms with van der Waals surface area (Å²) >= 11 is 0. The highest BCUT2D eigenvalue weighted by Crippen LogP contribution is 2.75. The van der Waals surface area contributed by atoms with Gasteiger partial charge in [-0.15, -0.1) is 0 Å². The van der Waals surface area contributed by atoms with E-state index >= 15 is 0 Å². The van der Waals surface area contributed by atoms with Gasteiger partial charge in [0.05, 0.1) is 17.7 Å². The van der Waals surface area contributed by atoms with E-state index in [1.165, 1.54) is 12.1 Å². The second kappa shape index (κ2) is 7.32. The largest absolute Gasteiger partial charge is 0.375 e. The zero-order chi connectivity index (χ0) is 19.8. The van der Waals surface area contributed by atoms with Gasteiger partial charge in [0.2, 0.25) is 0 Å². The lowest BCUT2D eigenvalue weighted by Gasteiger charge is -2.37. The monoisotopic (exact) mass is 407 g/mol. The van der Waals surface area contributed by atoms with Crippen molar-refractivity contribution in [1.29, 1.82) is 0 Å². The van der Waals surface area contributed by atoms with E-state index < -0.39 is 38.6 Å². The number of rotatable bonds is 8. The fraction of sp³-hybridized carbons (Fsp3) is 0.429. The molecule has 2 rings (SSSR count). The Bertz CT molecular complexity index is 747. The van der Waals surface area contributed by atoms with Crippen LogP contribution in [0.2, 0.25) is 0 Å². The summed E-state index contributed by atoms with van der Waals surface area (Å²) < 4.78 is 44.9. The third-order valence-corrected chi connectivity index (χ3v) is 9.52. The average Bonchev–Trinajstić information content (AvgIpc) is 2.91. The number of aliphatic hydroxyl groups is 1. The fourth-order valence-electron chi connectivity index (χ4n) is 2.65. The Kier molecular flexibility index (Phi) is 5.90. The topological polar surface area (TPSA) is 129 Å². The van der Waals surface area contributed by atoms with E-state index in [1.54, 1.807) is 12.1 Å².